The molecule has 9 heteroatoms. The van der Waals surface area contributed by atoms with E-state index in [1.165, 1.54) is 27.7 Å². The van der Waals surface area contributed by atoms with E-state index in [9.17, 15) is 27.6 Å². The molecule has 0 bridgehead atoms. The Labute approximate surface area is 160 Å². The number of alkyl halides is 3. The molecule has 1 aromatic rings. The summed E-state index contributed by atoms with van der Waals surface area (Å²) in [7, 11) is 0. The third kappa shape index (κ3) is 4.63. The largest absolute Gasteiger partial charge is 0.465 e. The Balaban J connectivity index is 3.56. The minimum Gasteiger partial charge on any atom is -0.465 e. The fourth-order valence-corrected chi connectivity index (χ4v) is 2.73. The van der Waals surface area contributed by atoms with E-state index in [0.29, 0.717) is 0 Å². The lowest BCUT2D eigenvalue weighted by atomic mass is 9.72. The van der Waals surface area contributed by atoms with Crippen molar-refractivity contribution < 1.29 is 41.8 Å². The minimum absolute atomic E-state index is 0.126. The maximum atomic E-state index is 12.8. The highest BCUT2D eigenvalue weighted by atomic mass is 19.4. The van der Waals surface area contributed by atoms with Crippen LogP contribution in [0, 0.1) is 5.41 Å². The molecular weight excluding hydrogens is 381 g/mol. The second-order valence-electron chi connectivity index (χ2n) is 5.81. The summed E-state index contributed by atoms with van der Waals surface area (Å²) in [5.74, 6) is -4.75. The molecule has 0 fully saturated rings. The lowest BCUT2D eigenvalue weighted by Gasteiger charge is -2.32. The third-order valence-electron chi connectivity index (χ3n) is 4.18. The highest BCUT2D eigenvalue weighted by Gasteiger charge is 2.61. The van der Waals surface area contributed by atoms with E-state index in [4.69, 9.17) is 14.2 Å². The Bertz CT molecular complexity index is 651. The first-order chi connectivity index (χ1) is 13.1. The van der Waals surface area contributed by atoms with E-state index in [-0.39, 0.29) is 25.4 Å². The number of ether oxygens (including phenoxy) is 3. The van der Waals surface area contributed by atoms with E-state index in [0.717, 1.165) is 24.3 Å². The van der Waals surface area contributed by atoms with Gasteiger partial charge in [0.15, 0.2) is 0 Å². The van der Waals surface area contributed by atoms with Crippen LogP contribution in [-0.4, -0.2) is 37.7 Å². The molecule has 0 aliphatic heterocycles. The van der Waals surface area contributed by atoms with Crippen LogP contribution in [-0.2, 0) is 34.8 Å². The first-order valence-electron chi connectivity index (χ1n) is 8.76. The lowest BCUT2D eigenvalue weighted by molar-refractivity contribution is -0.185. The Morgan fingerprint density at radius 1 is 0.821 bits per heavy atom. The maximum Gasteiger partial charge on any atom is 0.416 e. The summed E-state index contributed by atoms with van der Waals surface area (Å²) in [6.07, 6.45) is -4.55. The van der Waals surface area contributed by atoms with Gasteiger partial charge in [-0.1, -0.05) is 19.1 Å². The van der Waals surface area contributed by atoms with Crippen molar-refractivity contribution in [2.45, 2.75) is 39.8 Å². The molecular formula is C19H23F3O6. The van der Waals surface area contributed by atoms with Crippen molar-refractivity contribution in [3.05, 3.63) is 35.4 Å². The van der Waals surface area contributed by atoms with Crippen molar-refractivity contribution >= 4 is 17.9 Å². The standard InChI is InChI=1S/C19H23F3O6/c1-5-26-15(23)18(16(24)27-6-2,17(25)28-7-3)12(4)13-8-10-14(11-9-13)19(20,21)22/h8-12H,5-7H2,1-4H3/t12-/m0/s1. The van der Waals surface area contributed by atoms with Crippen LogP contribution in [0.25, 0.3) is 0 Å². The van der Waals surface area contributed by atoms with E-state index in [2.05, 4.69) is 0 Å². The maximum absolute atomic E-state index is 12.8. The average molecular weight is 404 g/mol. The number of hydrogen-bond donors (Lipinski definition) is 0. The van der Waals surface area contributed by atoms with Crippen LogP contribution < -0.4 is 0 Å². The Morgan fingerprint density at radius 3 is 1.46 bits per heavy atom. The second kappa shape index (κ2) is 9.57. The molecule has 1 aromatic carbocycles. The van der Waals surface area contributed by atoms with Crippen molar-refractivity contribution in [3.63, 3.8) is 0 Å². The molecule has 0 saturated heterocycles. The highest BCUT2D eigenvalue weighted by molar-refractivity contribution is 6.19. The number of carbonyl (C=O) groups excluding carboxylic acids is 3. The second-order valence-corrected chi connectivity index (χ2v) is 5.81. The van der Waals surface area contributed by atoms with Gasteiger partial charge in [-0.2, -0.15) is 13.2 Å². The first kappa shape index (κ1) is 23.5. The smallest absolute Gasteiger partial charge is 0.416 e. The molecule has 1 rings (SSSR count). The summed E-state index contributed by atoms with van der Waals surface area (Å²) in [5, 5.41) is 0. The van der Waals surface area contributed by atoms with Crippen molar-refractivity contribution in [1.29, 1.82) is 0 Å². The highest BCUT2D eigenvalue weighted by Crippen LogP contribution is 2.41. The molecule has 0 radical (unpaired) electrons. The summed E-state index contributed by atoms with van der Waals surface area (Å²) in [5.41, 5.74) is -3.26. The Morgan fingerprint density at radius 2 is 1.18 bits per heavy atom. The lowest BCUT2D eigenvalue weighted by Crippen LogP contribution is -2.53. The molecule has 0 saturated carbocycles. The normalized spacial score (nSPS) is 12.8. The topological polar surface area (TPSA) is 78.9 Å². The first-order valence-corrected chi connectivity index (χ1v) is 8.76. The van der Waals surface area contributed by atoms with Gasteiger partial charge in [0, 0.05) is 5.92 Å². The number of carbonyl (C=O) groups is 3. The molecule has 0 unspecified atom stereocenters. The number of benzene rings is 1. The Kier molecular flexibility index (Phi) is 8.01. The van der Waals surface area contributed by atoms with Gasteiger partial charge in [-0.3, -0.25) is 14.4 Å². The fraction of sp³-hybridized carbons (Fsp3) is 0.526. The Hall–Kier alpha value is -2.58. The van der Waals surface area contributed by atoms with E-state index >= 15 is 0 Å². The molecule has 0 spiro atoms. The van der Waals surface area contributed by atoms with Crippen LogP contribution >= 0.6 is 0 Å². The predicted octanol–water partition coefficient (Wildman–Crippen LogP) is 3.48. The predicted molar refractivity (Wildman–Crippen MR) is 92.2 cm³/mol. The molecule has 1 atom stereocenters. The van der Waals surface area contributed by atoms with Gasteiger partial charge in [0.25, 0.3) is 5.41 Å². The van der Waals surface area contributed by atoms with Gasteiger partial charge in [0.1, 0.15) is 0 Å². The number of esters is 3. The van der Waals surface area contributed by atoms with Gasteiger partial charge in [-0.25, -0.2) is 0 Å². The quantitative estimate of drug-likeness (QED) is 0.375. The number of rotatable bonds is 8. The van der Waals surface area contributed by atoms with Crippen LogP contribution in [0.3, 0.4) is 0 Å². The van der Waals surface area contributed by atoms with Gasteiger partial charge in [0.05, 0.1) is 25.4 Å². The van der Waals surface area contributed by atoms with E-state index in [1.54, 1.807) is 0 Å². The fourth-order valence-electron chi connectivity index (χ4n) is 2.73. The van der Waals surface area contributed by atoms with Crippen molar-refractivity contribution in [1.82, 2.24) is 0 Å². The van der Waals surface area contributed by atoms with Gasteiger partial charge >= 0.3 is 24.1 Å². The summed E-state index contributed by atoms with van der Waals surface area (Å²) in [6, 6.07) is 3.80. The number of hydrogen-bond acceptors (Lipinski definition) is 6. The van der Waals surface area contributed by atoms with E-state index < -0.39 is 41.0 Å². The molecule has 0 heterocycles. The monoisotopic (exact) mass is 404 g/mol. The molecule has 0 aromatic heterocycles. The van der Waals surface area contributed by atoms with Crippen LogP contribution in [0.2, 0.25) is 0 Å². The number of halogens is 3. The summed E-state index contributed by atoms with van der Waals surface area (Å²) in [4.78, 5) is 38.2. The van der Waals surface area contributed by atoms with Gasteiger partial charge in [-0.15, -0.1) is 0 Å². The van der Waals surface area contributed by atoms with Crippen LogP contribution in [0.15, 0.2) is 24.3 Å². The summed E-state index contributed by atoms with van der Waals surface area (Å²) < 4.78 is 53.3. The van der Waals surface area contributed by atoms with Crippen LogP contribution in [0.1, 0.15) is 44.7 Å². The van der Waals surface area contributed by atoms with Crippen molar-refractivity contribution in [2.24, 2.45) is 5.41 Å². The zero-order valence-corrected chi connectivity index (χ0v) is 16.1. The molecule has 0 aliphatic rings. The molecule has 156 valence electrons. The third-order valence-corrected chi connectivity index (χ3v) is 4.18. The molecule has 6 nitrogen and oxygen atoms in total. The van der Waals surface area contributed by atoms with Gasteiger partial charge in [-0.05, 0) is 38.5 Å². The van der Waals surface area contributed by atoms with E-state index in [1.807, 2.05) is 0 Å². The summed E-state index contributed by atoms with van der Waals surface area (Å²) >= 11 is 0. The molecule has 0 aliphatic carbocycles. The zero-order chi connectivity index (χ0) is 21.5. The van der Waals surface area contributed by atoms with Crippen LogP contribution in [0.5, 0.6) is 0 Å². The van der Waals surface area contributed by atoms with Gasteiger partial charge < -0.3 is 14.2 Å². The summed E-state index contributed by atoms with van der Waals surface area (Å²) in [6.45, 7) is 5.44. The molecule has 0 amide bonds. The minimum atomic E-state index is -4.55. The van der Waals surface area contributed by atoms with Gasteiger partial charge in [0.2, 0.25) is 0 Å². The molecule has 0 N–H and O–H groups in total. The zero-order valence-electron chi connectivity index (χ0n) is 16.1. The van der Waals surface area contributed by atoms with Crippen molar-refractivity contribution in [2.75, 3.05) is 19.8 Å². The van der Waals surface area contributed by atoms with Crippen molar-refractivity contribution in [3.8, 4) is 0 Å². The van der Waals surface area contributed by atoms with Crippen LogP contribution in [0.4, 0.5) is 13.2 Å². The average Bonchev–Trinajstić information content (AvgIpc) is 2.62. The molecule has 28 heavy (non-hydrogen) atoms. The SMILES string of the molecule is CCOC(=O)C(C(=O)OCC)(C(=O)OCC)[C@@H](C)c1ccc(C(F)(F)F)cc1.